The lowest BCUT2D eigenvalue weighted by Gasteiger charge is -2.29. The average molecular weight is 561 g/mol. The van der Waals surface area contributed by atoms with Crippen molar-refractivity contribution in [2.75, 3.05) is 14.1 Å². The summed E-state index contributed by atoms with van der Waals surface area (Å²) in [5.41, 5.74) is 7.43. The van der Waals surface area contributed by atoms with E-state index in [0.29, 0.717) is 11.1 Å². The molecule has 0 bridgehead atoms. The molecule has 0 aliphatic heterocycles. The fourth-order valence-electron chi connectivity index (χ4n) is 5.70. The molecule has 2 amide bonds. The van der Waals surface area contributed by atoms with E-state index in [1.165, 1.54) is 24.1 Å². The maximum absolute atomic E-state index is 13.8. The Morgan fingerprint density at radius 1 is 0.452 bits per heavy atom. The number of nitrogens with zero attached hydrogens (tertiary/aromatic N) is 2. The van der Waals surface area contributed by atoms with Gasteiger partial charge in [0.15, 0.2) is 11.6 Å². The van der Waals surface area contributed by atoms with E-state index in [4.69, 9.17) is 0 Å². The van der Waals surface area contributed by atoms with E-state index >= 15 is 0 Å². The van der Waals surface area contributed by atoms with Crippen molar-refractivity contribution in [2.45, 2.75) is 41.5 Å². The first-order valence-corrected chi connectivity index (χ1v) is 13.8. The summed E-state index contributed by atoms with van der Waals surface area (Å²) in [7, 11) is 2.95. The fraction of sp³-hybridized carbons (Fsp3) is 0.222. The number of amides is 2. The minimum atomic E-state index is -0.522. The van der Waals surface area contributed by atoms with Crippen LogP contribution >= 0.6 is 0 Å². The van der Waals surface area contributed by atoms with Gasteiger partial charge in [-0.15, -0.1) is 0 Å². The van der Waals surface area contributed by atoms with E-state index in [9.17, 15) is 19.2 Å². The van der Waals surface area contributed by atoms with Crippen LogP contribution in [-0.2, 0) is 0 Å². The number of hydrogen-bond acceptors (Lipinski definition) is 4. The number of hydrogen-bond donors (Lipinski definition) is 0. The summed E-state index contributed by atoms with van der Waals surface area (Å²) in [4.78, 5) is 55.0. The van der Waals surface area contributed by atoms with E-state index in [1.54, 1.807) is 48.5 Å². The zero-order valence-corrected chi connectivity index (χ0v) is 25.5. The molecule has 0 N–H and O–H groups in total. The first-order chi connectivity index (χ1) is 19.8. The standard InChI is InChI=1S/C36H36N2O4/c1-21-17-23(3)31(24(4)18-21)33(39)27-13-9-11-15-29(27)35(41)37(7)38(8)36(42)30-16-12-10-14-28(30)34(40)32-25(5)19-22(2)20-26(32)6/h9-20H,1-8H3. The lowest BCUT2D eigenvalue weighted by Crippen LogP contribution is -2.45. The quantitative estimate of drug-likeness (QED) is 0.193. The number of aryl methyl sites for hydroxylation is 6. The third kappa shape index (κ3) is 5.66. The Bertz CT molecular complexity index is 1580. The SMILES string of the molecule is Cc1cc(C)c(C(=O)c2ccccc2C(=O)N(C)N(C)C(=O)c2ccccc2C(=O)c2c(C)cc(C)cc2C)c(C)c1. The van der Waals surface area contributed by atoms with Crippen LogP contribution in [-0.4, -0.2) is 47.5 Å². The van der Waals surface area contributed by atoms with Gasteiger partial charge < -0.3 is 0 Å². The van der Waals surface area contributed by atoms with Crippen molar-refractivity contribution in [1.29, 1.82) is 0 Å². The van der Waals surface area contributed by atoms with Crippen LogP contribution < -0.4 is 0 Å². The number of carbonyl (C=O) groups is 4. The molecule has 0 atom stereocenters. The second-order valence-corrected chi connectivity index (χ2v) is 11.0. The lowest BCUT2D eigenvalue weighted by molar-refractivity contribution is 0.0185. The van der Waals surface area contributed by atoms with Gasteiger partial charge >= 0.3 is 0 Å². The molecular weight excluding hydrogens is 524 g/mol. The molecule has 0 aromatic heterocycles. The van der Waals surface area contributed by atoms with Gasteiger partial charge in [0, 0.05) is 36.3 Å². The van der Waals surface area contributed by atoms with Crippen molar-refractivity contribution in [3.8, 4) is 0 Å². The van der Waals surface area contributed by atoms with Gasteiger partial charge in [-0.1, -0.05) is 71.8 Å². The molecule has 0 spiro atoms. The van der Waals surface area contributed by atoms with Crippen LogP contribution in [0.1, 0.15) is 85.9 Å². The largest absolute Gasteiger partial charge is 0.289 e. The molecule has 0 aliphatic carbocycles. The highest BCUT2D eigenvalue weighted by Crippen LogP contribution is 2.25. The molecule has 0 unspecified atom stereocenters. The van der Waals surface area contributed by atoms with Crippen LogP contribution in [0.4, 0.5) is 0 Å². The molecule has 0 saturated heterocycles. The summed E-state index contributed by atoms with van der Waals surface area (Å²) in [6.07, 6.45) is 0. The molecule has 0 aliphatic rings. The number of ketones is 2. The third-order valence-electron chi connectivity index (χ3n) is 7.65. The molecule has 4 aromatic carbocycles. The summed E-state index contributed by atoms with van der Waals surface area (Å²) in [6.45, 7) is 11.5. The van der Waals surface area contributed by atoms with Crippen LogP contribution in [0.2, 0.25) is 0 Å². The van der Waals surface area contributed by atoms with Crippen molar-refractivity contribution in [1.82, 2.24) is 10.0 Å². The second-order valence-electron chi connectivity index (χ2n) is 11.0. The molecule has 4 rings (SSSR count). The van der Waals surface area contributed by atoms with Gasteiger partial charge in [0.05, 0.1) is 11.1 Å². The Kier molecular flexibility index (Phi) is 8.57. The molecule has 0 radical (unpaired) electrons. The number of rotatable bonds is 6. The summed E-state index contributed by atoms with van der Waals surface area (Å²) < 4.78 is 0. The third-order valence-corrected chi connectivity index (χ3v) is 7.65. The molecule has 0 saturated carbocycles. The van der Waals surface area contributed by atoms with Gasteiger partial charge in [-0.3, -0.25) is 29.2 Å². The van der Waals surface area contributed by atoms with Gasteiger partial charge in [-0.2, -0.15) is 0 Å². The molecule has 0 fully saturated rings. The Hall–Kier alpha value is -4.84. The topological polar surface area (TPSA) is 74.8 Å². The number of carbonyl (C=O) groups excluding carboxylic acids is 4. The van der Waals surface area contributed by atoms with Crippen LogP contribution in [0.5, 0.6) is 0 Å². The van der Waals surface area contributed by atoms with E-state index in [-0.39, 0.29) is 33.8 Å². The van der Waals surface area contributed by atoms with Crippen molar-refractivity contribution >= 4 is 23.4 Å². The van der Waals surface area contributed by atoms with Crippen LogP contribution in [0.3, 0.4) is 0 Å². The highest BCUT2D eigenvalue weighted by molar-refractivity contribution is 6.18. The second kappa shape index (κ2) is 12.0. The van der Waals surface area contributed by atoms with Gasteiger partial charge in [-0.05, 0) is 75.9 Å². The lowest BCUT2D eigenvalue weighted by atomic mass is 9.90. The fourth-order valence-corrected chi connectivity index (χ4v) is 5.70. The highest BCUT2D eigenvalue weighted by Gasteiger charge is 2.29. The first kappa shape index (κ1) is 30.1. The van der Waals surface area contributed by atoms with E-state index in [0.717, 1.165) is 33.4 Å². The highest BCUT2D eigenvalue weighted by atomic mass is 16.2. The summed E-state index contributed by atoms with van der Waals surface area (Å²) in [6, 6.07) is 21.0. The molecule has 42 heavy (non-hydrogen) atoms. The Morgan fingerprint density at radius 3 is 1.00 bits per heavy atom. The minimum absolute atomic E-state index is 0.180. The zero-order chi connectivity index (χ0) is 30.9. The Balaban J connectivity index is 1.67. The molecular formula is C36H36N2O4. The maximum atomic E-state index is 13.8. The van der Waals surface area contributed by atoms with Crippen molar-refractivity contribution in [3.05, 3.63) is 140 Å². The first-order valence-electron chi connectivity index (χ1n) is 13.8. The average Bonchev–Trinajstić information content (AvgIpc) is 2.94. The predicted octanol–water partition coefficient (Wildman–Crippen LogP) is 6.76. The number of hydrazine groups is 1. The number of benzene rings is 4. The maximum Gasteiger partial charge on any atom is 0.272 e. The van der Waals surface area contributed by atoms with Crippen molar-refractivity contribution < 1.29 is 19.2 Å². The van der Waals surface area contributed by atoms with E-state index in [2.05, 4.69) is 0 Å². The molecule has 6 heteroatoms. The zero-order valence-electron chi connectivity index (χ0n) is 25.5. The van der Waals surface area contributed by atoms with Gasteiger partial charge in [0.25, 0.3) is 11.8 Å². The summed E-state index contributed by atoms with van der Waals surface area (Å²) in [5, 5.41) is 2.35. The minimum Gasteiger partial charge on any atom is -0.289 e. The molecule has 4 aromatic rings. The Morgan fingerprint density at radius 2 is 0.714 bits per heavy atom. The summed E-state index contributed by atoms with van der Waals surface area (Å²) in [5.74, 6) is -1.55. The van der Waals surface area contributed by atoms with Gasteiger partial charge in [0.1, 0.15) is 0 Å². The van der Waals surface area contributed by atoms with E-state index < -0.39 is 11.8 Å². The molecule has 6 nitrogen and oxygen atoms in total. The monoisotopic (exact) mass is 560 g/mol. The van der Waals surface area contributed by atoms with Gasteiger partial charge in [0.2, 0.25) is 0 Å². The van der Waals surface area contributed by atoms with Crippen LogP contribution in [0.25, 0.3) is 0 Å². The molecule has 214 valence electrons. The smallest absolute Gasteiger partial charge is 0.272 e. The molecule has 0 heterocycles. The Labute approximate surface area is 247 Å². The normalized spacial score (nSPS) is 10.8. The van der Waals surface area contributed by atoms with Crippen molar-refractivity contribution in [2.24, 2.45) is 0 Å². The van der Waals surface area contributed by atoms with E-state index in [1.807, 2.05) is 65.8 Å². The van der Waals surface area contributed by atoms with Gasteiger partial charge in [-0.25, -0.2) is 0 Å². The van der Waals surface area contributed by atoms with Crippen molar-refractivity contribution in [3.63, 3.8) is 0 Å². The van der Waals surface area contributed by atoms with Crippen LogP contribution in [0.15, 0.2) is 72.8 Å². The van der Waals surface area contributed by atoms with Crippen LogP contribution in [0, 0.1) is 41.5 Å². The predicted molar refractivity (Wildman–Crippen MR) is 165 cm³/mol. The summed E-state index contributed by atoms with van der Waals surface area (Å²) >= 11 is 0.